The van der Waals surface area contributed by atoms with E-state index < -0.39 is 35.1 Å². The number of carbonyl (C=O) groups excluding carboxylic acids is 3. The third kappa shape index (κ3) is 3.71. The van der Waals surface area contributed by atoms with Crippen LogP contribution in [0.4, 0.5) is 13.2 Å². The number of methoxy groups -OCH3 is 1. The van der Waals surface area contributed by atoms with Gasteiger partial charge >= 0.3 is 6.18 Å². The van der Waals surface area contributed by atoms with Gasteiger partial charge in [-0.15, -0.1) is 0 Å². The molecule has 8 heteroatoms. The number of nitrogens with zero attached hydrogens (tertiary/aromatic N) is 1. The normalized spacial score (nSPS) is 25.4. The zero-order valence-electron chi connectivity index (χ0n) is 14.6. The van der Waals surface area contributed by atoms with Gasteiger partial charge in [0.05, 0.1) is 12.3 Å². The molecule has 0 aliphatic heterocycles. The highest BCUT2D eigenvalue weighted by Crippen LogP contribution is 2.41. The molecule has 2 atom stereocenters. The van der Waals surface area contributed by atoms with Crippen molar-refractivity contribution in [2.24, 2.45) is 17.8 Å². The van der Waals surface area contributed by atoms with Gasteiger partial charge in [-0.2, -0.15) is 13.2 Å². The van der Waals surface area contributed by atoms with Crippen molar-refractivity contribution in [1.29, 1.82) is 0 Å². The molecular weight excluding hydrogens is 363 g/mol. The summed E-state index contributed by atoms with van der Waals surface area (Å²) in [5, 5.41) is 0. The van der Waals surface area contributed by atoms with Gasteiger partial charge in [0, 0.05) is 24.5 Å². The highest BCUT2D eigenvalue weighted by Gasteiger charge is 2.50. The molecule has 5 nitrogen and oxygen atoms in total. The molecule has 3 rings (SSSR count). The molecule has 0 aromatic carbocycles. The number of hydrogen-bond acceptors (Lipinski definition) is 5. The summed E-state index contributed by atoms with van der Waals surface area (Å²) in [6.45, 7) is 0.108. The van der Waals surface area contributed by atoms with Crippen molar-refractivity contribution in [3.05, 3.63) is 35.2 Å². The van der Waals surface area contributed by atoms with Crippen molar-refractivity contribution in [1.82, 2.24) is 4.98 Å². The number of halogens is 3. The van der Waals surface area contributed by atoms with Crippen molar-refractivity contribution in [2.45, 2.75) is 25.4 Å². The highest BCUT2D eigenvalue weighted by molar-refractivity contribution is 6.27. The van der Waals surface area contributed by atoms with Gasteiger partial charge in [-0.25, -0.2) is 4.98 Å². The number of carbonyl (C=O) groups is 3. The first kappa shape index (κ1) is 19.4. The van der Waals surface area contributed by atoms with E-state index in [0.717, 1.165) is 6.07 Å². The van der Waals surface area contributed by atoms with Crippen LogP contribution >= 0.6 is 0 Å². The molecule has 0 saturated heterocycles. The smallest absolute Gasteiger partial charge is 0.381 e. The Kier molecular flexibility index (Phi) is 5.28. The molecule has 2 aliphatic carbocycles. The fourth-order valence-corrected chi connectivity index (χ4v) is 3.75. The Morgan fingerprint density at radius 2 is 1.85 bits per heavy atom. The first-order valence-electron chi connectivity index (χ1n) is 8.59. The second-order valence-electron chi connectivity index (χ2n) is 6.79. The Morgan fingerprint density at radius 1 is 1.22 bits per heavy atom. The maximum absolute atomic E-state index is 13.0. The summed E-state index contributed by atoms with van der Waals surface area (Å²) in [6, 6.07) is 1.68. The molecule has 144 valence electrons. The Bertz CT molecular complexity index is 794. The molecule has 2 bridgehead atoms. The first-order chi connectivity index (χ1) is 12.7. The van der Waals surface area contributed by atoms with Crippen LogP contribution in [0.15, 0.2) is 18.2 Å². The lowest BCUT2D eigenvalue weighted by Gasteiger charge is -2.24. The maximum atomic E-state index is 13.0. The van der Waals surface area contributed by atoms with Crippen LogP contribution in [-0.4, -0.2) is 36.1 Å². The number of pyridine rings is 1. The first-order valence-corrected chi connectivity index (χ1v) is 8.59. The number of aromatic nitrogens is 1. The Labute approximate surface area is 153 Å². The van der Waals surface area contributed by atoms with E-state index in [0.29, 0.717) is 25.3 Å². The Hall–Kier alpha value is -2.35. The zero-order valence-corrected chi connectivity index (χ0v) is 14.6. The highest BCUT2D eigenvalue weighted by atomic mass is 19.4. The van der Waals surface area contributed by atoms with Crippen LogP contribution in [-0.2, 0) is 20.5 Å². The van der Waals surface area contributed by atoms with E-state index in [9.17, 15) is 27.6 Å². The number of ketones is 3. The van der Waals surface area contributed by atoms with Gasteiger partial charge in [-0.3, -0.25) is 14.4 Å². The standard InChI is InChI=1S/C19H18F3NO4/c1-27-8-2-3-13-12(6-7-14(23-13)19(20,21)22)18(26)15-16(24)10-4-5-11(9-10)17(15)25/h2-3,6-7,10-11,15H,4-5,8-9H2,1H3/b3-2-. The van der Waals surface area contributed by atoms with Crippen LogP contribution in [0.2, 0.25) is 0 Å². The molecule has 1 heterocycles. The molecule has 0 amide bonds. The second kappa shape index (κ2) is 7.34. The summed E-state index contributed by atoms with van der Waals surface area (Å²) in [5.41, 5.74) is -1.55. The molecule has 1 aromatic rings. The van der Waals surface area contributed by atoms with E-state index in [-0.39, 0.29) is 29.7 Å². The molecule has 27 heavy (non-hydrogen) atoms. The lowest BCUT2D eigenvalue weighted by Crippen LogP contribution is -2.41. The van der Waals surface area contributed by atoms with E-state index in [1.807, 2.05) is 0 Å². The van der Waals surface area contributed by atoms with E-state index in [1.165, 1.54) is 19.3 Å². The largest absolute Gasteiger partial charge is 0.433 e. The minimum atomic E-state index is -4.68. The molecular formula is C19H18F3NO4. The summed E-state index contributed by atoms with van der Waals surface area (Å²) < 4.78 is 43.7. The zero-order chi connectivity index (χ0) is 19.8. The number of rotatable bonds is 5. The molecule has 2 fully saturated rings. The molecule has 2 aliphatic rings. The molecule has 1 aromatic heterocycles. The molecule has 0 radical (unpaired) electrons. The Morgan fingerprint density at radius 3 is 2.41 bits per heavy atom. The van der Waals surface area contributed by atoms with E-state index >= 15 is 0 Å². The number of hydrogen-bond donors (Lipinski definition) is 0. The van der Waals surface area contributed by atoms with Gasteiger partial charge < -0.3 is 4.74 Å². The Balaban J connectivity index is 2.00. The van der Waals surface area contributed by atoms with E-state index in [1.54, 1.807) is 0 Å². The minimum absolute atomic E-state index is 0.108. The van der Waals surface area contributed by atoms with Crippen LogP contribution in [0.5, 0.6) is 0 Å². The molecule has 2 unspecified atom stereocenters. The third-order valence-electron chi connectivity index (χ3n) is 5.09. The summed E-state index contributed by atoms with van der Waals surface area (Å²) >= 11 is 0. The third-order valence-corrected chi connectivity index (χ3v) is 5.09. The fraction of sp³-hybridized carbons (Fsp3) is 0.474. The topological polar surface area (TPSA) is 73.3 Å². The monoisotopic (exact) mass is 381 g/mol. The summed E-state index contributed by atoms with van der Waals surface area (Å²) in [6.07, 6.45) is -0.421. The molecule has 0 N–H and O–H groups in total. The average molecular weight is 381 g/mol. The van der Waals surface area contributed by atoms with Gasteiger partial charge in [0.1, 0.15) is 11.6 Å². The van der Waals surface area contributed by atoms with Gasteiger partial charge in [-0.05, 0) is 37.5 Å². The van der Waals surface area contributed by atoms with Crippen LogP contribution in [0.25, 0.3) is 6.08 Å². The fourth-order valence-electron chi connectivity index (χ4n) is 3.75. The second-order valence-corrected chi connectivity index (χ2v) is 6.79. The van der Waals surface area contributed by atoms with Crippen molar-refractivity contribution in [3.8, 4) is 0 Å². The van der Waals surface area contributed by atoms with Crippen LogP contribution < -0.4 is 0 Å². The SMILES string of the molecule is COC/C=C\c1nc(C(F)(F)F)ccc1C(=O)C1C(=O)C2CCC(C2)C1=O. The van der Waals surface area contributed by atoms with Crippen molar-refractivity contribution >= 4 is 23.4 Å². The van der Waals surface area contributed by atoms with Crippen LogP contribution in [0.3, 0.4) is 0 Å². The molecule has 2 saturated carbocycles. The van der Waals surface area contributed by atoms with E-state index in [2.05, 4.69) is 4.98 Å². The van der Waals surface area contributed by atoms with E-state index in [4.69, 9.17) is 4.74 Å². The predicted molar refractivity (Wildman–Crippen MR) is 88.8 cm³/mol. The lowest BCUT2D eigenvalue weighted by atomic mass is 9.75. The predicted octanol–water partition coefficient (Wildman–Crippen LogP) is 3.13. The maximum Gasteiger partial charge on any atom is 0.433 e. The quantitative estimate of drug-likeness (QED) is 0.579. The summed E-state index contributed by atoms with van der Waals surface area (Å²) in [5.74, 6) is -3.71. The van der Waals surface area contributed by atoms with Gasteiger partial charge in [0.25, 0.3) is 0 Å². The van der Waals surface area contributed by atoms with Crippen molar-refractivity contribution in [3.63, 3.8) is 0 Å². The minimum Gasteiger partial charge on any atom is -0.381 e. The number of fused-ring (bicyclic) bond motifs is 2. The van der Waals surface area contributed by atoms with Gasteiger partial charge in [-0.1, -0.05) is 6.08 Å². The van der Waals surface area contributed by atoms with Crippen molar-refractivity contribution in [2.75, 3.05) is 13.7 Å². The molecule has 0 spiro atoms. The van der Waals surface area contributed by atoms with Crippen LogP contribution in [0.1, 0.15) is 41.0 Å². The van der Waals surface area contributed by atoms with Crippen LogP contribution in [0, 0.1) is 17.8 Å². The van der Waals surface area contributed by atoms with Crippen molar-refractivity contribution < 1.29 is 32.3 Å². The average Bonchev–Trinajstić information content (AvgIpc) is 3.07. The summed E-state index contributed by atoms with van der Waals surface area (Å²) in [7, 11) is 1.41. The van der Waals surface area contributed by atoms with Gasteiger partial charge in [0.15, 0.2) is 17.3 Å². The summed E-state index contributed by atoms with van der Waals surface area (Å²) in [4.78, 5) is 41.5. The van der Waals surface area contributed by atoms with Gasteiger partial charge in [0.2, 0.25) is 0 Å². The number of alkyl halides is 3. The number of ether oxygens (including phenoxy) is 1. The number of Topliss-reactive ketones (excluding diaryl/α,β-unsaturated/α-hetero) is 3. The lowest BCUT2D eigenvalue weighted by molar-refractivity contribution is -0.141.